The molecule has 9 nitrogen and oxygen atoms in total. The number of pyridine rings is 2. The Hall–Kier alpha value is -4.49. The summed E-state index contributed by atoms with van der Waals surface area (Å²) in [7, 11) is 0. The summed E-state index contributed by atoms with van der Waals surface area (Å²) in [5.41, 5.74) is 0.262. The van der Waals surface area contributed by atoms with Gasteiger partial charge in [-0.05, 0) is 80.8 Å². The van der Waals surface area contributed by atoms with E-state index in [0.717, 1.165) is 31.0 Å². The number of carbonyl (C=O) groups excluding carboxylic acids is 2. The van der Waals surface area contributed by atoms with Crippen molar-refractivity contribution in [3.05, 3.63) is 81.9 Å². The molecule has 46 heavy (non-hydrogen) atoms. The summed E-state index contributed by atoms with van der Waals surface area (Å²) in [6.07, 6.45) is -3.87. The molecule has 240 valence electrons. The molecule has 4 aromatic rings. The van der Waals surface area contributed by atoms with E-state index in [-0.39, 0.29) is 51.7 Å². The number of nitrogens with one attached hydrogen (secondary N) is 1. The number of fused-ring (bicyclic) bond motifs is 2. The fraction of sp³-hybridized carbons (Fsp3) is 0.312. The highest BCUT2D eigenvalue weighted by molar-refractivity contribution is 6.30. The van der Waals surface area contributed by atoms with Crippen LogP contribution in [0.5, 0.6) is 11.5 Å². The van der Waals surface area contributed by atoms with E-state index in [2.05, 4.69) is 15.3 Å². The zero-order valence-corrected chi connectivity index (χ0v) is 25.2. The van der Waals surface area contributed by atoms with Crippen LogP contribution in [-0.4, -0.2) is 52.3 Å². The molecule has 14 heteroatoms. The first-order valence-corrected chi connectivity index (χ1v) is 14.6. The lowest BCUT2D eigenvalue weighted by Gasteiger charge is -2.31. The van der Waals surface area contributed by atoms with Crippen LogP contribution in [-0.2, 0) is 15.8 Å². The van der Waals surface area contributed by atoms with Gasteiger partial charge in [-0.15, -0.1) is 0 Å². The zero-order valence-electron chi connectivity index (χ0n) is 24.5. The topological polar surface area (TPSA) is 137 Å². The zero-order chi connectivity index (χ0) is 33.2. The van der Waals surface area contributed by atoms with Gasteiger partial charge in [0.25, 0.3) is 5.91 Å². The first-order chi connectivity index (χ1) is 21.6. The maximum absolute atomic E-state index is 14.8. The van der Waals surface area contributed by atoms with Crippen molar-refractivity contribution in [3.63, 3.8) is 0 Å². The van der Waals surface area contributed by atoms with Gasteiger partial charge in [0.15, 0.2) is 0 Å². The molecule has 2 aromatic heterocycles. The smallest absolute Gasteiger partial charge is 0.424 e. The molecule has 0 radical (unpaired) electrons. The van der Waals surface area contributed by atoms with Crippen molar-refractivity contribution in [2.24, 2.45) is 5.73 Å². The number of nitrogens with two attached hydrogens (primary N) is 1. The summed E-state index contributed by atoms with van der Waals surface area (Å²) in [5, 5.41) is 14.2. The number of alkyl halides is 3. The van der Waals surface area contributed by atoms with Crippen LogP contribution in [0.15, 0.2) is 48.5 Å². The number of aliphatic hydroxyl groups is 1. The molecular weight excluding hydrogens is 632 g/mol. The Kier molecular flexibility index (Phi) is 7.59. The molecule has 2 aliphatic rings. The molecule has 1 unspecified atom stereocenters. The van der Waals surface area contributed by atoms with Crippen molar-refractivity contribution < 1.29 is 41.7 Å². The van der Waals surface area contributed by atoms with Gasteiger partial charge in [0.1, 0.15) is 45.7 Å². The minimum atomic E-state index is -5.37. The molecule has 2 amide bonds. The van der Waals surface area contributed by atoms with Gasteiger partial charge in [0, 0.05) is 22.1 Å². The lowest BCUT2D eigenvalue weighted by molar-refractivity contribution is -0.265. The number of primary amides is 1. The van der Waals surface area contributed by atoms with Crippen molar-refractivity contribution in [1.29, 1.82) is 0 Å². The van der Waals surface area contributed by atoms with E-state index in [1.54, 1.807) is 13.0 Å². The second-order valence-corrected chi connectivity index (χ2v) is 12.1. The molecule has 2 atom stereocenters. The Morgan fingerprint density at radius 2 is 1.85 bits per heavy atom. The number of aryl methyl sites for hydroxylation is 1. The van der Waals surface area contributed by atoms with E-state index in [1.807, 2.05) is 0 Å². The van der Waals surface area contributed by atoms with E-state index in [1.165, 1.54) is 31.2 Å². The van der Waals surface area contributed by atoms with Gasteiger partial charge in [-0.1, -0.05) is 11.6 Å². The van der Waals surface area contributed by atoms with Crippen molar-refractivity contribution >= 4 is 34.3 Å². The quantitative estimate of drug-likeness (QED) is 0.174. The fourth-order valence-corrected chi connectivity index (χ4v) is 5.31. The average molecular weight is 659 g/mol. The second kappa shape index (κ2) is 11.1. The predicted octanol–water partition coefficient (Wildman–Crippen LogP) is 5.25. The number of benzene rings is 2. The lowest BCUT2D eigenvalue weighted by Crippen LogP contribution is -2.51. The molecule has 1 fully saturated rings. The van der Waals surface area contributed by atoms with Crippen LogP contribution in [0.3, 0.4) is 0 Å². The summed E-state index contributed by atoms with van der Waals surface area (Å²) >= 11 is 6.21. The van der Waals surface area contributed by atoms with E-state index in [4.69, 9.17) is 26.8 Å². The van der Waals surface area contributed by atoms with Gasteiger partial charge in [-0.25, -0.2) is 14.4 Å². The van der Waals surface area contributed by atoms with Crippen LogP contribution in [0, 0.1) is 12.7 Å². The largest absolute Gasteiger partial charge is 0.489 e. The minimum absolute atomic E-state index is 0.0337. The van der Waals surface area contributed by atoms with Crippen LogP contribution in [0.25, 0.3) is 22.2 Å². The molecule has 2 aromatic carbocycles. The monoisotopic (exact) mass is 658 g/mol. The maximum atomic E-state index is 14.8. The molecule has 3 heterocycles. The Balaban J connectivity index is 1.41. The van der Waals surface area contributed by atoms with Gasteiger partial charge in [0.05, 0.1) is 18.3 Å². The number of aromatic nitrogens is 2. The number of hydrogen-bond acceptors (Lipinski definition) is 7. The van der Waals surface area contributed by atoms with E-state index in [0.29, 0.717) is 16.5 Å². The Morgan fingerprint density at radius 1 is 1.15 bits per heavy atom. The first kappa shape index (κ1) is 31.5. The Morgan fingerprint density at radius 3 is 2.48 bits per heavy atom. The predicted molar refractivity (Wildman–Crippen MR) is 159 cm³/mol. The highest BCUT2D eigenvalue weighted by Gasteiger charge is 2.57. The van der Waals surface area contributed by atoms with Crippen LogP contribution in [0.2, 0.25) is 5.15 Å². The van der Waals surface area contributed by atoms with Gasteiger partial charge < -0.3 is 25.6 Å². The van der Waals surface area contributed by atoms with E-state index < -0.39 is 47.1 Å². The standard InChI is InChI=1S/C32H27ClF4N4O5/c1-15-9-17-10-18(11-22(46-20-7-8-20)24(17)41-27(15)33)28(42)39-13-31(44,32(35,36)37)23-12-21-26(45-14-30(21,2)29(38)43)25(40-23)16-3-5-19(34)6-4-16/h3-6,9-12,20,44H,7-8,13-14H2,1-2H3,(H2,38,43)(H,39,42)/t30-,31?/m0/s1. The van der Waals surface area contributed by atoms with Crippen molar-refractivity contribution in [3.8, 4) is 22.8 Å². The van der Waals surface area contributed by atoms with Gasteiger partial charge in [0.2, 0.25) is 11.5 Å². The summed E-state index contributed by atoms with van der Waals surface area (Å²) in [6, 6.07) is 10.1. The third-order valence-corrected chi connectivity index (χ3v) is 8.61. The minimum Gasteiger partial charge on any atom is -0.489 e. The first-order valence-electron chi connectivity index (χ1n) is 14.2. The average Bonchev–Trinajstić information content (AvgIpc) is 3.75. The van der Waals surface area contributed by atoms with Crippen molar-refractivity contribution in [1.82, 2.24) is 15.3 Å². The number of amides is 2. The van der Waals surface area contributed by atoms with Crippen LogP contribution in [0.4, 0.5) is 17.6 Å². The van der Waals surface area contributed by atoms with E-state index in [9.17, 15) is 32.3 Å². The summed E-state index contributed by atoms with van der Waals surface area (Å²) < 4.78 is 69.7. The highest BCUT2D eigenvalue weighted by Crippen LogP contribution is 2.48. The summed E-state index contributed by atoms with van der Waals surface area (Å²) in [5.74, 6) is -2.23. The van der Waals surface area contributed by atoms with Crippen LogP contribution in [0.1, 0.15) is 46.9 Å². The Bertz CT molecular complexity index is 1900. The van der Waals surface area contributed by atoms with Gasteiger partial charge in [-0.2, -0.15) is 13.2 Å². The lowest BCUT2D eigenvalue weighted by atomic mass is 9.81. The molecule has 0 bridgehead atoms. The molecular formula is C32H27ClF4N4O5. The molecule has 0 saturated heterocycles. The maximum Gasteiger partial charge on any atom is 0.424 e. The number of rotatable bonds is 8. The van der Waals surface area contributed by atoms with Gasteiger partial charge >= 0.3 is 6.18 Å². The number of nitrogens with zero attached hydrogens (tertiary/aromatic N) is 2. The summed E-state index contributed by atoms with van der Waals surface area (Å²) in [4.78, 5) is 34.3. The second-order valence-electron chi connectivity index (χ2n) is 11.7. The molecule has 1 aliphatic heterocycles. The number of carbonyl (C=O) groups is 2. The third kappa shape index (κ3) is 5.47. The number of halogens is 5. The molecule has 4 N–H and O–H groups in total. The molecule has 0 spiro atoms. The SMILES string of the molecule is Cc1cc2cc(C(=O)NCC(O)(c3cc4c(c(-c5ccc(F)cc5)n3)OC[C@]4(C)C(N)=O)C(F)(F)F)cc(OC3CC3)c2nc1Cl. The van der Waals surface area contributed by atoms with Crippen LogP contribution >= 0.6 is 11.6 Å². The van der Waals surface area contributed by atoms with Gasteiger partial charge in [-0.3, -0.25) is 9.59 Å². The number of hydrogen-bond donors (Lipinski definition) is 3. The highest BCUT2D eigenvalue weighted by atomic mass is 35.5. The molecule has 1 aliphatic carbocycles. The van der Waals surface area contributed by atoms with Crippen molar-refractivity contribution in [2.75, 3.05) is 13.2 Å². The molecule has 6 rings (SSSR count). The molecule has 1 saturated carbocycles. The Labute approximate surface area is 264 Å². The summed E-state index contributed by atoms with van der Waals surface area (Å²) in [6.45, 7) is 1.45. The van der Waals surface area contributed by atoms with E-state index >= 15 is 0 Å². The normalized spacial score (nSPS) is 18.9. The number of ether oxygens (including phenoxy) is 2. The fourth-order valence-electron chi connectivity index (χ4n) is 5.17. The van der Waals surface area contributed by atoms with Crippen LogP contribution < -0.4 is 20.5 Å². The third-order valence-electron chi connectivity index (χ3n) is 8.22. The van der Waals surface area contributed by atoms with Crippen molar-refractivity contribution in [2.45, 2.75) is 50.0 Å².